The second-order valence-corrected chi connectivity index (χ2v) is 9.41. The Morgan fingerprint density at radius 2 is 1.58 bits per heavy atom. The van der Waals surface area contributed by atoms with E-state index < -0.39 is 13.1 Å². The second kappa shape index (κ2) is 8.01. The first-order chi connectivity index (χ1) is 12.2. The zero-order valence-corrected chi connectivity index (χ0v) is 16.9. The third-order valence-corrected chi connectivity index (χ3v) is 7.80. The van der Waals surface area contributed by atoms with E-state index in [0.29, 0.717) is 10.9 Å². The monoisotopic (exact) mass is 372 g/mol. The molecule has 0 aliphatic rings. The maximum Gasteiger partial charge on any atom is 0.305 e. The Balaban J connectivity index is 2.60. The Hall–Kier alpha value is -2.19. The number of ether oxygens (including phenoxy) is 1. The molecule has 0 saturated heterocycles. The van der Waals surface area contributed by atoms with Crippen LogP contribution < -0.4 is 5.30 Å². The van der Waals surface area contributed by atoms with Gasteiger partial charge in [0, 0.05) is 17.0 Å². The van der Waals surface area contributed by atoms with Gasteiger partial charge in [0.1, 0.15) is 0 Å². The Kier molecular flexibility index (Phi) is 6.20. The van der Waals surface area contributed by atoms with Gasteiger partial charge in [0.25, 0.3) is 0 Å². The molecule has 26 heavy (non-hydrogen) atoms. The molecule has 0 aliphatic heterocycles. The van der Waals surface area contributed by atoms with Gasteiger partial charge in [0.2, 0.25) is 5.52 Å². The molecule has 138 valence electrons. The number of rotatable bonds is 6. The highest BCUT2D eigenvalue weighted by Crippen LogP contribution is 2.49. The summed E-state index contributed by atoms with van der Waals surface area (Å²) in [5.41, 5.74) is 3.90. The first-order valence-corrected chi connectivity index (χ1v) is 10.5. The maximum atomic E-state index is 13.9. The van der Waals surface area contributed by atoms with Crippen LogP contribution in [0.3, 0.4) is 0 Å². The van der Waals surface area contributed by atoms with Crippen LogP contribution >= 0.6 is 7.14 Å². The fourth-order valence-electron chi connectivity index (χ4n) is 3.16. The third kappa shape index (κ3) is 3.81. The van der Waals surface area contributed by atoms with Crippen LogP contribution in [-0.2, 0) is 14.1 Å². The average Bonchev–Trinajstić information content (AvgIpc) is 2.64. The summed E-state index contributed by atoms with van der Waals surface area (Å²) in [5, 5.41) is 0.478. The molecule has 2 aromatic rings. The van der Waals surface area contributed by atoms with Crippen LogP contribution in [0.25, 0.3) is 0 Å². The average molecular weight is 372 g/mol. The zero-order valence-electron chi connectivity index (χ0n) is 16.0. The van der Waals surface area contributed by atoms with Crippen molar-refractivity contribution in [3.63, 3.8) is 0 Å². The normalized spacial score (nSPS) is 13.1. The molecular weight excluding hydrogens is 347 g/mol. The van der Waals surface area contributed by atoms with E-state index in [2.05, 4.69) is 4.74 Å². The summed E-state index contributed by atoms with van der Waals surface area (Å²) >= 11 is 0. The standard InChI is InChI=1S/C21H25O4P/c1-14-13-15(2)20(17(4)16(14)3)21(23)26(24,12-11-19(22)25-5)18-9-7-6-8-10-18/h6-10,13H,11-12H2,1-5H3. The molecule has 1 atom stereocenters. The molecule has 0 amide bonds. The molecule has 0 saturated carbocycles. The smallest absolute Gasteiger partial charge is 0.305 e. The van der Waals surface area contributed by atoms with Gasteiger partial charge in [0.05, 0.1) is 13.5 Å². The molecule has 1 unspecified atom stereocenters. The summed E-state index contributed by atoms with van der Waals surface area (Å²) in [6.45, 7) is 7.71. The van der Waals surface area contributed by atoms with Crippen LogP contribution in [0.4, 0.5) is 0 Å². The van der Waals surface area contributed by atoms with Gasteiger partial charge in [0.15, 0.2) is 7.14 Å². The van der Waals surface area contributed by atoms with Gasteiger partial charge >= 0.3 is 5.97 Å². The largest absolute Gasteiger partial charge is 0.469 e. The molecule has 4 nitrogen and oxygen atoms in total. The quantitative estimate of drug-likeness (QED) is 0.560. The molecule has 2 rings (SSSR count). The fraction of sp³-hybridized carbons (Fsp3) is 0.333. The third-order valence-electron chi connectivity index (χ3n) is 4.93. The Bertz CT molecular complexity index is 885. The van der Waals surface area contributed by atoms with Crippen molar-refractivity contribution in [3.8, 4) is 0 Å². The van der Waals surface area contributed by atoms with E-state index >= 15 is 0 Å². The van der Waals surface area contributed by atoms with Crippen LogP contribution in [-0.4, -0.2) is 24.8 Å². The highest BCUT2D eigenvalue weighted by molar-refractivity contribution is 7.87. The Labute approximate surface area is 154 Å². The lowest BCUT2D eigenvalue weighted by molar-refractivity contribution is -0.140. The predicted octanol–water partition coefficient (Wildman–Crippen LogP) is 4.31. The lowest BCUT2D eigenvalue weighted by Crippen LogP contribution is -2.20. The van der Waals surface area contributed by atoms with Crippen molar-refractivity contribution in [3.05, 3.63) is 64.2 Å². The summed E-state index contributed by atoms with van der Waals surface area (Å²) in [6.07, 6.45) is -0.0916. The van der Waals surface area contributed by atoms with Crippen LogP contribution in [0.1, 0.15) is 39.0 Å². The first-order valence-electron chi connectivity index (χ1n) is 8.56. The fourth-order valence-corrected chi connectivity index (χ4v) is 5.71. The molecule has 0 aromatic heterocycles. The van der Waals surface area contributed by atoms with Crippen molar-refractivity contribution in [2.75, 3.05) is 13.3 Å². The minimum atomic E-state index is -3.48. The summed E-state index contributed by atoms with van der Waals surface area (Å²) in [4.78, 5) is 25.1. The van der Waals surface area contributed by atoms with Crippen LogP contribution in [0.2, 0.25) is 0 Å². The van der Waals surface area contributed by atoms with Gasteiger partial charge in [-0.3, -0.25) is 9.59 Å². The van der Waals surface area contributed by atoms with Gasteiger partial charge in [-0.05, 0) is 49.9 Å². The number of carbonyl (C=O) groups is 2. The van der Waals surface area contributed by atoms with E-state index in [1.807, 2.05) is 39.8 Å². The minimum absolute atomic E-state index is 0.0334. The molecule has 5 heteroatoms. The van der Waals surface area contributed by atoms with E-state index in [1.165, 1.54) is 7.11 Å². The highest BCUT2D eigenvalue weighted by atomic mass is 31.2. The van der Waals surface area contributed by atoms with E-state index in [0.717, 1.165) is 22.3 Å². The van der Waals surface area contributed by atoms with E-state index in [-0.39, 0.29) is 18.1 Å². The molecular formula is C21H25O4P. The molecule has 0 N–H and O–H groups in total. The molecule has 0 aliphatic carbocycles. The van der Waals surface area contributed by atoms with Crippen molar-refractivity contribution in [1.29, 1.82) is 0 Å². The lowest BCUT2D eigenvalue weighted by Gasteiger charge is -2.21. The highest BCUT2D eigenvalue weighted by Gasteiger charge is 2.36. The molecule has 0 spiro atoms. The maximum absolute atomic E-state index is 13.9. The van der Waals surface area contributed by atoms with Crippen molar-refractivity contribution in [2.24, 2.45) is 0 Å². The number of methoxy groups -OCH3 is 1. The number of hydrogen-bond donors (Lipinski definition) is 0. The number of esters is 1. The van der Waals surface area contributed by atoms with Crippen LogP contribution in [0, 0.1) is 27.7 Å². The van der Waals surface area contributed by atoms with Gasteiger partial charge in [-0.25, -0.2) is 0 Å². The second-order valence-electron chi connectivity index (χ2n) is 6.57. The van der Waals surface area contributed by atoms with Crippen molar-refractivity contribution < 1.29 is 18.9 Å². The van der Waals surface area contributed by atoms with Gasteiger partial charge in [-0.1, -0.05) is 36.4 Å². The predicted molar refractivity (Wildman–Crippen MR) is 105 cm³/mol. The number of benzene rings is 2. The molecule has 0 heterocycles. The minimum Gasteiger partial charge on any atom is -0.469 e. The Morgan fingerprint density at radius 3 is 2.15 bits per heavy atom. The summed E-state index contributed by atoms with van der Waals surface area (Å²) < 4.78 is 18.6. The first kappa shape index (κ1) is 20.1. The summed E-state index contributed by atoms with van der Waals surface area (Å²) in [7, 11) is -2.19. The summed E-state index contributed by atoms with van der Waals surface area (Å²) in [6, 6.07) is 10.7. The topological polar surface area (TPSA) is 60.4 Å². The molecule has 0 radical (unpaired) electrons. The number of hydrogen-bond acceptors (Lipinski definition) is 4. The lowest BCUT2D eigenvalue weighted by atomic mass is 9.95. The van der Waals surface area contributed by atoms with Crippen LogP contribution in [0.15, 0.2) is 36.4 Å². The van der Waals surface area contributed by atoms with Crippen molar-refractivity contribution in [1.82, 2.24) is 0 Å². The van der Waals surface area contributed by atoms with Crippen LogP contribution in [0.5, 0.6) is 0 Å². The van der Waals surface area contributed by atoms with Crippen molar-refractivity contribution >= 4 is 23.9 Å². The van der Waals surface area contributed by atoms with Gasteiger partial charge in [-0.2, -0.15) is 0 Å². The number of carbonyl (C=O) groups excluding carboxylic acids is 2. The number of aryl methyl sites for hydroxylation is 2. The van der Waals surface area contributed by atoms with E-state index in [4.69, 9.17) is 0 Å². The summed E-state index contributed by atoms with van der Waals surface area (Å²) in [5.74, 6) is -0.470. The Morgan fingerprint density at radius 1 is 0.962 bits per heavy atom. The van der Waals surface area contributed by atoms with E-state index in [1.54, 1.807) is 24.3 Å². The van der Waals surface area contributed by atoms with Crippen molar-refractivity contribution in [2.45, 2.75) is 34.1 Å². The zero-order chi connectivity index (χ0) is 19.5. The van der Waals surface area contributed by atoms with Gasteiger partial charge < -0.3 is 9.30 Å². The molecule has 0 bridgehead atoms. The molecule has 2 aromatic carbocycles. The van der Waals surface area contributed by atoms with Gasteiger partial charge in [-0.15, -0.1) is 0 Å². The SMILES string of the molecule is COC(=O)CCP(=O)(C(=O)c1c(C)cc(C)c(C)c1C)c1ccccc1. The van der Waals surface area contributed by atoms with E-state index in [9.17, 15) is 14.2 Å². The molecule has 0 fully saturated rings.